The number of ether oxygens (including phenoxy) is 1. The third-order valence-corrected chi connectivity index (χ3v) is 9.87. The van der Waals surface area contributed by atoms with Crippen LogP contribution in [0.2, 0.25) is 0 Å². The van der Waals surface area contributed by atoms with Crippen LogP contribution in [0.5, 0.6) is 5.75 Å². The van der Waals surface area contributed by atoms with Gasteiger partial charge in [-0.3, -0.25) is 9.68 Å². The number of unbranched alkanes of at least 4 members (excludes halogenated alkanes) is 3. The van der Waals surface area contributed by atoms with Gasteiger partial charge in [0.25, 0.3) is 0 Å². The zero-order valence-corrected chi connectivity index (χ0v) is 36.8. The second-order valence-corrected chi connectivity index (χ2v) is 14.7. The van der Waals surface area contributed by atoms with Crippen molar-refractivity contribution in [1.82, 2.24) is 19.8 Å². The van der Waals surface area contributed by atoms with Gasteiger partial charge < -0.3 is 19.8 Å². The van der Waals surface area contributed by atoms with E-state index in [0.717, 1.165) is 55.7 Å². The van der Waals surface area contributed by atoms with E-state index in [0.29, 0.717) is 42.3 Å². The van der Waals surface area contributed by atoms with E-state index in [-0.39, 0.29) is 28.3 Å². The fraction of sp³-hybridized carbons (Fsp3) is 0.356. The molecule has 0 radical (unpaired) electrons. The highest BCUT2D eigenvalue weighted by Gasteiger charge is 2.41. The Balaban J connectivity index is 1.45. The second kappa shape index (κ2) is 24.0. The molecule has 1 aliphatic heterocycles. The number of halogens is 3. The van der Waals surface area contributed by atoms with Gasteiger partial charge in [-0.25, -0.2) is 4.79 Å². The van der Waals surface area contributed by atoms with Crippen LogP contribution in [0, 0.1) is 0 Å². The van der Waals surface area contributed by atoms with Gasteiger partial charge in [0.05, 0.1) is 23.0 Å². The summed E-state index contributed by atoms with van der Waals surface area (Å²) < 4.78 is 48.6. The smallest absolute Gasteiger partial charge is 0.416 e. The predicted octanol–water partition coefficient (Wildman–Crippen LogP) is 9.59. The van der Waals surface area contributed by atoms with Gasteiger partial charge >= 0.3 is 12.1 Å². The second-order valence-electron chi connectivity index (χ2n) is 14.7. The van der Waals surface area contributed by atoms with Crippen molar-refractivity contribution in [2.45, 2.75) is 91.7 Å². The molecule has 5 rings (SSSR count). The number of nitrogens with zero attached hydrogens (tertiary/aromatic N) is 5. The van der Waals surface area contributed by atoms with E-state index in [9.17, 15) is 22.8 Å². The van der Waals surface area contributed by atoms with Crippen LogP contribution in [0.1, 0.15) is 102 Å². The number of alkyl halides is 3. The summed E-state index contributed by atoms with van der Waals surface area (Å²) in [5.41, 5.74) is 1.28. The molecule has 3 heterocycles. The summed E-state index contributed by atoms with van der Waals surface area (Å²) >= 11 is 0. The maximum atomic E-state index is 13.8. The average Bonchev–Trinajstić information content (AvgIpc) is 3.92. The van der Waals surface area contributed by atoms with Gasteiger partial charge in [-0.2, -0.15) is 22.8 Å². The van der Waals surface area contributed by atoms with Crippen LogP contribution in [0.4, 0.5) is 24.5 Å². The van der Waals surface area contributed by atoms with Crippen LogP contribution < -0.4 is 20.2 Å². The monoisotopic (exact) mass is 908 g/mol. The highest BCUT2D eigenvalue weighted by molar-refractivity contribution is 5.92. The predicted molar refractivity (Wildman–Crippen MR) is 230 cm³/mol. The zero-order valence-electron chi connectivity index (χ0n) is 36.8. The summed E-state index contributed by atoms with van der Waals surface area (Å²) in [6.45, 7) is 12.4. The van der Waals surface area contributed by atoms with Crippen molar-refractivity contribution < 1.29 is 67.5 Å². The van der Waals surface area contributed by atoms with E-state index < -0.39 is 23.1 Å². The number of fused-ring (bicyclic) bond motifs is 2. The van der Waals surface area contributed by atoms with Crippen molar-refractivity contribution in [3.8, 4) is 17.1 Å². The van der Waals surface area contributed by atoms with Crippen LogP contribution >= 0.6 is 0 Å². The minimum Gasteiger partial charge on any atom is -0.493 e. The molecular weight excluding hydrogens is 858 g/mol. The molecule has 0 unspecified atom stereocenters. The van der Waals surface area contributed by atoms with Gasteiger partial charge in [-0.1, -0.05) is 89.5 Å². The number of hydrogen-bond acceptors (Lipinski definition) is 15. The highest BCUT2D eigenvalue weighted by Crippen LogP contribution is 2.49. The Bertz CT molecular complexity index is 2450. The maximum absolute atomic E-state index is 13.8. The van der Waals surface area contributed by atoms with E-state index in [2.05, 4.69) is 62.7 Å². The van der Waals surface area contributed by atoms with Crippen molar-refractivity contribution in [3.63, 3.8) is 0 Å². The molecule has 4 aromatic rings. The summed E-state index contributed by atoms with van der Waals surface area (Å²) in [7, 11) is 0. The highest BCUT2D eigenvalue weighted by atomic mass is 19.4. The lowest BCUT2D eigenvalue weighted by molar-refractivity contribution is -0.807. The van der Waals surface area contributed by atoms with Crippen LogP contribution in [-0.2, 0) is 56.4 Å². The molecule has 65 heavy (non-hydrogen) atoms. The molecule has 348 valence electrons. The lowest BCUT2D eigenvalue weighted by Crippen LogP contribution is -2.27. The molecule has 1 amide bonds. The number of carbonyl (C=O) groups is 2. The molecule has 0 spiro atoms. The molecule has 2 aromatic carbocycles. The minimum absolute atomic E-state index is 0.107. The van der Waals surface area contributed by atoms with Gasteiger partial charge in [0.1, 0.15) is 12.0 Å². The standard InChI is InChI=1S/C45H51F3N6O11/c1-7-11-14-15-19-28-58-60-62-64-65-63-61-59-43(56)40-33(20-17-18-21-38-44(5,6)35-25-23-31(45(46,47)48)29-36(35)53(38)27-13-9-3)41-50-51-42(54(41)52-40)34-30-32(24-26-37(34)57-10-4)49-39(55)22-16-12-8-2/h7,11,14-15,17-21,23-26,28-30H,8-10,12-13,16,22,27H2,1-6H3,(H,49,55)/b11-7+,15-14+,18-17+,28-19+,33-20-,38-21+. The third kappa shape index (κ3) is 13.1. The molecule has 0 atom stereocenters. The molecule has 0 fully saturated rings. The van der Waals surface area contributed by atoms with Gasteiger partial charge in [-0.05, 0) is 80.8 Å². The number of aromatic nitrogens is 4. The molecule has 1 aliphatic rings. The van der Waals surface area contributed by atoms with E-state index in [1.54, 1.807) is 61.6 Å². The Labute approximate surface area is 372 Å². The normalized spacial score (nSPS) is 14.9. The number of benzene rings is 2. The molecule has 20 heteroatoms. The topological polar surface area (TPSA) is 176 Å². The lowest BCUT2D eigenvalue weighted by atomic mass is 9.83. The largest absolute Gasteiger partial charge is 0.493 e. The molecule has 0 saturated carbocycles. The molecule has 0 saturated heterocycles. The van der Waals surface area contributed by atoms with E-state index in [1.807, 2.05) is 38.7 Å². The Morgan fingerprint density at radius 2 is 1.57 bits per heavy atom. The van der Waals surface area contributed by atoms with Gasteiger partial charge in [0, 0.05) is 65.7 Å². The van der Waals surface area contributed by atoms with Crippen molar-refractivity contribution in [2.24, 2.45) is 0 Å². The number of carbonyl (C=O) groups excluding carboxylic acids is 2. The number of allylic oxidation sites excluding steroid dienone is 9. The number of anilines is 2. The first kappa shape index (κ1) is 49.6. The first-order valence-corrected chi connectivity index (χ1v) is 20.9. The quantitative estimate of drug-likeness (QED) is 0.0231. The SMILES string of the molecule is C/C=C/C=C/C=C/OOOOOOOOC(=O)c1nn2c(-c3cc(NC(=O)CCCCC)ccc3OCC)nnc2\c1=C/C=C/C=C1/N(CCCC)c2cc(C(F)(F)F)ccc2C1(C)C. The fourth-order valence-corrected chi connectivity index (χ4v) is 6.80. The lowest BCUT2D eigenvalue weighted by Gasteiger charge is -2.27. The molecule has 1 N–H and O–H groups in total. The van der Waals surface area contributed by atoms with E-state index in [4.69, 9.17) is 9.62 Å². The summed E-state index contributed by atoms with van der Waals surface area (Å²) in [4.78, 5) is 37.4. The summed E-state index contributed by atoms with van der Waals surface area (Å²) in [5, 5.41) is 41.2. The number of nitrogens with one attached hydrogen (secondary N) is 1. The third-order valence-electron chi connectivity index (χ3n) is 9.87. The van der Waals surface area contributed by atoms with Crippen LogP contribution in [0.3, 0.4) is 0 Å². The maximum Gasteiger partial charge on any atom is 0.416 e. The Morgan fingerprint density at radius 1 is 0.831 bits per heavy atom. The number of hydrogen-bond donors (Lipinski definition) is 1. The molecule has 0 aliphatic carbocycles. The molecular formula is C45H51F3N6O11. The van der Waals surface area contributed by atoms with Crippen molar-refractivity contribution >= 4 is 35.0 Å². The van der Waals surface area contributed by atoms with Gasteiger partial charge in [0.2, 0.25) is 5.91 Å². The first-order valence-electron chi connectivity index (χ1n) is 20.9. The average molecular weight is 909 g/mol. The Kier molecular flexibility index (Phi) is 18.3. The van der Waals surface area contributed by atoms with Crippen LogP contribution in [0.15, 0.2) is 97.0 Å². The van der Waals surface area contributed by atoms with Gasteiger partial charge in [-0.15, -0.1) is 10.2 Å². The van der Waals surface area contributed by atoms with Gasteiger partial charge in [0.15, 0.2) is 17.2 Å². The molecule has 0 bridgehead atoms. The number of rotatable bonds is 24. The van der Waals surface area contributed by atoms with E-state index in [1.165, 1.54) is 28.8 Å². The van der Waals surface area contributed by atoms with Crippen molar-refractivity contribution in [1.29, 1.82) is 0 Å². The van der Waals surface area contributed by atoms with Crippen molar-refractivity contribution in [2.75, 3.05) is 23.4 Å². The molecule has 2 aromatic heterocycles. The Hall–Kier alpha value is -6.42. The molecule has 17 nitrogen and oxygen atoms in total. The van der Waals surface area contributed by atoms with Crippen LogP contribution in [0.25, 0.3) is 23.1 Å². The number of amides is 1. The summed E-state index contributed by atoms with van der Waals surface area (Å²) in [6.07, 6.45) is 16.2. The first-order chi connectivity index (χ1) is 31.3. The Morgan fingerprint density at radius 3 is 2.31 bits per heavy atom. The zero-order chi connectivity index (χ0) is 46.8. The van der Waals surface area contributed by atoms with Crippen molar-refractivity contribution in [3.05, 3.63) is 119 Å². The van der Waals surface area contributed by atoms with E-state index >= 15 is 0 Å². The summed E-state index contributed by atoms with van der Waals surface area (Å²) in [6, 6.07) is 8.85. The summed E-state index contributed by atoms with van der Waals surface area (Å²) in [5.74, 6) is -0.800. The van der Waals surface area contributed by atoms with Crippen LogP contribution in [-0.4, -0.2) is 44.8 Å². The minimum atomic E-state index is -4.51. The fourth-order valence-electron chi connectivity index (χ4n) is 6.80.